The normalized spacial score (nSPS) is 21.1. The van der Waals surface area contributed by atoms with Crippen LogP contribution in [-0.2, 0) is 6.54 Å². The van der Waals surface area contributed by atoms with Crippen molar-refractivity contribution in [2.24, 2.45) is 0 Å². The molecule has 0 radical (unpaired) electrons. The molecule has 4 heteroatoms. The van der Waals surface area contributed by atoms with Gasteiger partial charge in [0.1, 0.15) is 5.82 Å². The Balaban J connectivity index is 2.10. The predicted octanol–water partition coefficient (Wildman–Crippen LogP) is 2.63. The molecule has 1 aliphatic heterocycles. The van der Waals surface area contributed by atoms with E-state index in [0.29, 0.717) is 22.9 Å². The van der Waals surface area contributed by atoms with Crippen LogP contribution in [0.25, 0.3) is 0 Å². The van der Waals surface area contributed by atoms with Crippen LogP contribution in [0.2, 0.25) is 0 Å². The average molecular weight is 250 g/mol. The van der Waals surface area contributed by atoms with Gasteiger partial charge in [0.2, 0.25) is 0 Å². The maximum Gasteiger partial charge on any atom is 0.127 e. The van der Waals surface area contributed by atoms with E-state index in [9.17, 15) is 4.39 Å². The molecule has 0 spiro atoms. The minimum atomic E-state index is -0.213. The highest BCUT2D eigenvalue weighted by atomic mass is 32.2. The summed E-state index contributed by atoms with van der Waals surface area (Å²) in [4.78, 5) is 2.25. The van der Waals surface area contributed by atoms with E-state index in [4.69, 9.17) is 5.26 Å². The van der Waals surface area contributed by atoms with E-state index in [2.05, 4.69) is 17.9 Å². The first-order chi connectivity index (χ1) is 8.19. The third-order valence-electron chi connectivity index (χ3n) is 2.89. The molecule has 1 aromatic rings. The Kier molecular flexibility index (Phi) is 4.03. The van der Waals surface area contributed by atoms with E-state index < -0.39 is 0 Å². The lowest BCUT2D eigenvalue weighted by Gasteiger charge is -2.30. The number of hydrogen-bond acceptors (Lipinski definition) is 3. The van der Waals surface area contributed by atoms with E-state index in [-0.39, 0.29) is 5.82 Å². The monoisotopic (exact) mass is 250 g/mol. The van der Waals surface area contributed by atoms with Gasteiger partial charge in [-0.2, -0.15) is 17.0 Å². The Hall–Kier alpha value is -1.05. The molecule has 1 unspecified atom stereocenters. The van der Waals surface area contributed by atoms with Crippen molar-refractivity contribution in [2.75, 3.05) is 18.8 Å². The molecule has 1 heterocycles. The van der Waals surface area contributed by atoms with Crippen molar-refractivity contribution < 1.29 is 4.39 Å². The van der Waals surface area contributed by atoms with Crippen molar-refractivity contribution in [2.45, 2.75) is 18.7 Å². The molecule has 1 saturated heterocycles. The number of halogens is 1. The van der Waals surface area contributed by atoms with Crippen LogP contribution < -0.4 is 0 Å². The van der Waals surface area contributed by atoms with Gasteiger partial charge in [0.25, 0.3) is 0 Å². The summed E-state index contributed by atoms with van der Waals surface area (Å²) in [5.74, 6) is 0.885. The smallest absolute Gasteiger partial charge is 0.127 e. The number of nitriles is 1. The molecule has 0 aromatic heterocycles. The first kappa shape index (κ1) is 12.4. The fraction of sp³-hybridized carbons (Fsp3) is 0.462. The topological polar surface area (TPSA) is 27.0 Å². The third kappa shape index (κ3) is 3.21. The van der Waals surface area contributed by atoms with Crippen molar-refractivity contribution in [1.82, 2.24) is 4.90 Å². The predicted molar refractivity (Wildman–Crippen MR) is 68.3 cm³/mol. The zero-order valence-electron chi connectivity index (χ0n) is 9.82. The zero-order valence-corrected chi connectivity index (χ0v) is 10.6. The van der Waals surface area contributed by atoms with Gasteiger partial charge in [0.15, 0.2) is 0 Å². The summed E-state index contributed by atoms with van der Waals surface area (Å²) in [6.07, 6.45) is 0. The van der Waals surface area contributed by atoms with E-state index in [1.54, 1.807) is 6.07 Å². The molecule has 17 heavy (non-hydrogen) atoms. The minimum absolute atomic E-state index is 0.213. The SMILES string of the molecule is CC1CN(Cc2cc(C#N)ccc2F)CCS1. The lowest BCUT2D eigenvalue weighted by Crippen LogP contribution is -2.36. The average Bonchev–Trinajstić information content (AvgIpc) is 2.32. The largest absolute Gasteiger partial charge is 0.297 e. The van der Waals surface area contributed by atoms with Crippen LogP contribution in [0.1, 0.15) is 18.1 Å². The van der Waals surface area contributed by atoms with Gasteiger partial charge in [-0.25, -0.2) is 4.39 Å². The summed E-state index contributed by atoms with van der Waals surface area (Å²) >= 11 is 1.96. The fourth-order valence-corrected chi connectivity index (χ4v) is 3.12. The van der Waals surface area contributed by atoms with E-state index in [1.165, 1.54) is 12.1 Å². The van der Waals surface area contributed by atoms with Crippen molar-refractivity contribution >= 4 is 11.8 Å². The molecule has 1 aromatic carbocycles. The van der Waals surface area contributed by atoms with Crippen LogP contribution in [0, 0.1) is 17.1 Å². The number of nitrogens with zero attached hydrogens (tertiary/aromatic N) is 2. The highest BCUT2D eigenvalue weighted by molar-refractivity contribution is 7.99. The van der Waals surface area contributed by atoms with Crippen LogP contribution in [0.5, 0.6) is 0 Å². The van der Waals surface area contributed by atoms with Crippen molar-refractivity contribution in [3.8, 4) is 6.07 Å². The molecule has 0 saturated carbocycles. The zero-order chi connectivity index (χ0) is 12.3. The quantitative estimate of drug-likeness (QED) is 0.807. The summed E-state index contributed by atoms with van der Waals surface area (Å²) in [5, 5.41) is 9.41. The minimum Gasteiger partial charge on any atom is -0.297 e. The molecule has 1 fully saturated rings. The molecular weight excluding hydrogens is 235 g/mol. The first-order valence-electron chi connectivity index (χ1n) is 5.71. The highest BCUT2D eigenvalue weighted by Gasteiger charge is 2.18. The Bertz CT molecular complexity index is 442. The Morgan fingerprint density at radius 2 is 2.41 bits per heavy atom. The number of thioether (sulfide) groups is 1. The van der Waals surface area contributed by atoms with Gasteiger partial charge in [0, 0.05) is 36.2 Å². The fourth-order valence-electron chi connectivity index (χ4n) is 2.04. The summed E-state index contributed by atoms with van der Waals surface area (Å²) in [5.41, 5.74) is 1.16. The van der Waals surface area contributed by atoms with E-state index in [1.807, 2.05) is 11.8 Å². The Morgan fingerprint density at radius 3 is 3.12 bits per heavy atom. The van der Waals surface area contributed by atoms with Gasteiger partial charge in [-0.1, -0.05) is 6.92 Å². The molecule has 2 rings (SSSR count). The van der Waals surface area contributed by atoms with Crippen LogP contribution in [-0.4, -0.2) is 29.0 Å². The molecule has 0 bridgehead atoms. The molecule has 0 N–H and O–H groups in total. The lowest BCUT2D eigenvalue weighted by molar-refractivity contribution is 0.274. The number of hydrogen-bond donors (Lipinski definition) is 0. The van der Waals surface area contributed by atoms with Gasteiger partial charge in [-0.05, 0) is 18.2 Å². The van der Waals surface area contributed by atoms with E-state index in [0.717, 1.165) is 18.8 Å². The summed E-state index contributed by atoms with van der Waals surface area (Å²) in [6, 6.07) is 6.61. The van der Waals surface area contributed by atoms with Gasteiger partial charge >= 0.3 is 0 Å². The Labute approximate surface area is 105 Å². The van der Waals surface area contributed by atoms with Crippen LogP contribution in [0.15, 0.2) is 18.2 Å². The van der Waals surface area contributed by atoms with Crippen molar-refractivity contribution in [1.29, 1.82) is 5.26 Å². The van der Waals surface area contributed by atoms with Gasteiger partial charge in [-0.15, -0.1) is 0 Å². The van der Waals surface area contributed by atoms with Gasteiger partial charge < -0.3 is 0 Å². The third-order valence-corrected chi connectivity index (χ3v) is 4.03. The van der Waals surface area contributed by atoms with Crippen molar-refractivity contribution in [3.63, 3.8) is 0 Å². The second-order valence-corrected chi connectivity index (χ2v) is 5.88. The molecule has 2 nitrogen and oxygen atoms in total. The number of benzene rings is 1. The van der Waals surface area contributed by atoms with Crippen LogP contribution in [0.3, 0.4) is 0 Å². The summed E-state index contributed by atoms with van der Waals surface area (Å²) in [6.45, 7) is 4.78. The summed E-state index contributed by atoms with van der Waals surface area (Å²) < 4.78 is 13.6. The Morgan fingerprint density at radius 1 is 1.59 bits per heavy atom. The maximum absolute atomic E-state index is 13.6. The molecule has 0 aliphatic carbocycles. The highest BCUT2D eigenvalue weighted by Crippen LogP contribution is 2.20. The second kappa shape index (κ2) is 5.52. The van der Waals surface area contributed by atoms with E-state index >= 15 is 0 Å². The molecule has 1 aliphatic rings. The number of rotatable bonds is 2. The lowest BCUT2D eigenvalue weighted by atomic mass is 10.1. The molecule has 1 atom stereocenters. The summed E-state index contributed by atoms with van der Waals surface area (Å²) in [7, 11) is 0. The van der Waals surface area contributed by atoms with Gasteiger partial charge in [0.05, 0.1) is 11.6 Å². The second-order valence-electron chi connectivity index (χ2n) is 4.33. The molecular formula is C13H15FN2S. The first-order valence-corrected chi connectivity index (χ1v) is 6.76. The van der Waals surface area contributed by atoms with Crippen LogP contribution in [0.4, 0.5) is 4.39 Å². The maximum atomic E-state index is 13.6. The standard InChI is InChI=1S/C13H15FN2S/c1-10-8-16(4-5-17-10)9-12-6-11(7-15)2-3-13(12)14/h2-3,6,10H,4-5,8-9H2,1H3. The van der Waals surface area contributed by atoms with Crippen LogP contribution >= 0.6 is 11.8 Å². The molecule has 90 valence electrons. The molecule has 0 amide bonds. The van der Waals surface area contributed by atoms with Gasteiger partial charge in [-0.3, -0.25) is 4.90 Å². The van der Waals surface area contributed by atoms with Crippen molar-refractivity contribution in [3.05, 3.63) is 35.1 Å².